The van der Waals surface area contributed by atoms with E-state index in [1.807, 2.05) is 6.08 Å². The monoisotopic (exact) mass is 379 g/mol. The fourth-order valence-corrected chi connectivity index (χ4v) is 3.47. The summed E-state index contributed by atoms with van der Waals surface area (Å²) in [6.45, 7) is 6.40. The highest BCUT2D eigenvalue weighted by Gasteiger charge is 2.24. The molecule has 2 N–H and O–H groups in total. The van der Waals surface area contributed by atoms with E-state index in [1.54, 1.807) is 31.7 Å². The summed E-state index contributed by atoms with van der Waals surface area (Å²) in [5.74, 6) is 0.373. The van der Waals surface area contributed by atoms with Crippen LogP contribution in [-0.4, -0.2) is 54.1 Å². The van der Waals surface area contributed by atoms with Crippen LogP contribution in [0.2, 0.25) is 0 Å². The summed E-state index contributed by atoms with van der Waals surface area (Å²) in [5.41, 5.74) is -0.587. The van der Waals surface area contributed by atoms with Gasteiger partial charge in [0.05, 0.1) is 0 Å². The molecule has 0 bridgehead atoms. The zero-order valence-corrected chi connectivity index (χ0v) is 16.8. The van der Waals surface area contributed by atoms with Crippen LogP contribution in [0.5, 0.6) is 0 Å². The second-order valence-electron chi connectivity index (χ2n) is 8.42. The van der Waals surface area contributed by atoms with Crippen LogP contribution in [0.4, 0.5) is 4.79 Å². The van der Waals surface area contributed by atoms with Gasteiger partial charge < -0.3 is 20.3 Å². The highest BCUT2D eigenvalue weighted by Crippen LogP contribution is 2.25. The quantitative estimate of drug-likeness (QED) is 0.718. The van der Waals surface area contributed by atoms with Crippen LogP contribution in [0.3, 0.4) is 0 Å². The minimum absolute atomic E-state index is 0.0433. The van der Waals surface area contributed by atoms with Crippen LogP contribution < -0.4 is 10.6 Å². The lowest BCUT2D eigenvalue weighted by Gasteiger charge is -2.32. The van der Waals surface area contributed by atoms with E-state index >= 15 is 0 Å². The maximum Gasteiger partial charge on any atom is 0.408 e. The average Bonchev–Trinajstić information content (AvgIpc) is 3.10. The number of alkyl carbamates (subject to hydrolysis) is 1. The highest BCUT2D eigenvalue weighted by molar-refractivity contribution is 5.87. The average molecular weight is 380 g/mol. The Labute approximate surface area is 161 Å². The predicted molar refractivity (Wildman–Crippen MR) is 103 cm³/mol. The first-order valence-electron chi connectivity index (χ1n) is 9.96. The van der Waals surface area contributed by atoms with Crippen molar-refractivity contribution in [2.75, 3.05) is 19.6 Å². The normalized spacial score (nSPS) is 19.3. The second-order valence-corrected chi connectivity index (χ2v) is 8.42. The lowest BCUT2D eigenvalue weighted by Crippen LogP contribution is -2.49. The number of ether oxygens (including phenoxy) is 1. The van der Waals surface area contributed by atoms with Gasteiger partial charge in [0.1, 0.15) is 12.1 Å². The number of rotatable bonds is 5. The number of likely N-dealkylation sites (tertiary alicyclic amines) is 1. The van der Waals surface area contributed by atoms with E-state index in [9.17, 15) is 14.4 Å². The fraction of sp³-hybridized carbons (Fsp3) is 0.750. The van der Waals surface area contributed by atoms with Crippen LogP contribution >= 0.6 is 0 Å². The Balaban J connectivity index is 1.64. The molecule has 0 aromatic heterocycles. The van der Waals surface area contributed by atoms with E-state index < -0.39 is 11.7 Å². The van der Waals surface area contributed by atoms with Crippen molar-refractivity contribution in [1.82, 2.24) is 15.5 Å². The maximum atomic E-state index is 12.2. The van der Waals surface area contributed by atoms with Gasteiger partial charge in [-0.25, -0.2) is 4.79 Å². The van der Waals surface area contributed by atoms with E-state index in [0.717, 1.165) is 12.8 Å². The predicted octanol–water partition coefficient (Wildman–Crippen LogP) is 2.36. The highest BCUT2D eigenvalue weighted by atomic mass is 16.6. The van der Waals surface area contributed by atoms with E-state index in [4.69, 9.17) is 4.74 Å². The van der Waals surface area contributed by atoms with Gasteiger partial charge in [0.2, 0.25) is 11.8 Å². The molecular formula is C20H33N3O4. The van der Waals surface area contributed by atoms with Crippen molar-refractivity contribution < 1.29 is 19.1 Å². The summed E-state index contributed by atoms with van der Waals surface area (Å²) in [6, 6.07) is 0.0913. The first-order valence-corrected chi connectivity index (χ1v) is 9.96. The lowest BCUT2D eigenvalue weighted by atomic mass is 10.0. The molecule has 1 aliphatic carbocycles. The summed E-state index contributed by atoms with van der Waals surface area (Å²) >= 11 is 0. The van der Waals surface area contributed by atoms with Gasteiger partial charge in [-0.15, -0.1) is 0 Å². The molecule has 0 radical (unpaired) electrons. The van der Waals surface area contributed by atoms with Gasteiger partial charge in [-0.05, 0) is 58.4 Å². The van der Waals surface area contributed by atoms with Gasteiger partial charge in [-0.3, -0.25) is 9.59 Å². The zero-order valence-electron chi connectivity index (χ0n) is 16.8. The van der Waals surface area contributed by atoms with Gasteiger partial charge >= 0.3 is 6.09 Å². The summed E-state index contributed by atoms with van der Waals surface area (Å²) in [4.78, 5) is 37.6. The molecule has 2 rings (SSSR count). The molecule has 0 aromatic rings. The van der Waals surface area contributed by atoms with Gasteiger partial charge in [0.25, 0.3) is 0 Å². The third-order valence-electron chi connectivity index (χ3n) is 4.90. The second kappa shape index (κ2) is 9.76. The number of piperidine rings is 1. The van der Waals surface area contributed by atoms with Gasteiger partial charge in [-0.2, -0.15) is 0 Å². The van der Waals surface area contributed by atoms with Crippen molar-refractivity contribution in [3.05, 3.63) is 12.2 Å². The summed E-state index contributed by atoms with van der Waals surface area (Å²) in [5, 5.41) is 5.52. The third kappa shape index (κ3) is 8.01. The SMILES string of the molecule is CC(C)(C)OC(=O)NCC(=O)N1CCC(NC(=O)/C=C/C2CCCC2)CC1. The zero-order chi connectivity index (χ0) is 19.9. The topological polar surface area (TPSA) is 87.7 Å². The van der Waals surface area contributed by atoms with Gasteiger partial charge in [-0.1, -0.05) is 18.9 Å². The Bertz CT molecular complexity index is 554. The molecule has 27 heavy (non-hydrogen) atoms. The largest absolute Gasteiger partial charge is 0.444 e. The van der Waals surface area contributed by atoms with Crippen LogP contribution in [0.1, 0.15) is 59.3 Å². The van der Waals surface area contributed by atoms with Crippen molar-refractivity contribution in [1.29, 1.82) is 0 Å². The van der Waals surface area contributed by atoms with Crippen LogP contribution in [-0.2, 0) is 14.3 Å². The molecule has 3 amide bonds. The number of nitrogens with one attached hydrogen (secondary N) is 2. The molecule has 1 saturated carbocycles. The molecular weight excluding hydrogens is 346 g/mol. The Morgan fingerprint density at radius 2 is 1.70 bits per heavy atom. The first-order chi connectivity index (χ1) is 12.7. The van der Waals surface area contributed by atoms with E-state index in [2.05, 4.69) is 10.6 Å². The Morgan fingerprint density at radius 3 is 2.30 bits per heavy atom. The molecule has 0 aromatic carbocycles. The molecule has 0 unspecified atom stereocenters. The van der Waals surface area contributed by atoms with Crippen LogP contribution in [0.25, 0.3) is 0 Å². The molecule has 7 heteroatoms. The lowest BCUT2D eigenvalue weighted by molar-refractivity contribution is -0.131. The van der Waals surface area contributed by atoms with Crippen molar-refractivity contribution in [2.24, 2.45) is 5.92 Å². The van der Waals surface area contributed by atoms with Crippen LogP contribution in [0.15, 0.2) is 12.2 Å². The van der Waals surface area contributed by atoms with E-state index in [-0.39, 0.29) is 24.4 Å². The maximum absolute atomic E-state index is 12.2. The molecule has 2 aliphatic rings. The molecule has 1 aliphatic heterocycles. The minimum Gasteiger partial charge on any atom is -0.444 e. The molecule has 7 nitrogen and oxygen atoms in total. The Hall–Kier alpha value is -2.05. The van der Waals surface area contributed by atoms with Gasteiger partial charge in [0.15, 0.2) is 0 Å². The number of nitrogens with zero attached hydrogens (tertiary/aromatic N) is 1. The van der Waals surface area contributed by atoms with Crippen molar-refractivity contribution in [2.45, 2.75) is 70.9 Å². The number of hydrogen-bond donors (Lipinski definition) is 2. The molecule has 2 fully saturated rings. The van der Waals surface area contributed by atoms with Crippen molar-refractivity contribution in [3.63, 3.8) is 0 Å². The molecule has 0 atom stereocenters. The molecule has 152 valence electrons. The van der Waals surface area contributed by atoms with E-state index in [1.165, 1.54) is 25.7 Å². The minimum atomic E-state index is -0.591. The Kier molecular flexibility index (Phi) is 7.68. The van der Waals surface area contributed by atoms with Crippen LogP contribution in [0, 0.1) is 5.92 Å². The smallest absolute Gasteiger partial charge is 0.408 e. The molecule has 1 saturated heterocycles. The van der Waals surface area contributed by atoms with E-state index in [0.29, 0.717) is 19.0 Å². The fourth-order valence-electron chi connectivity index (χ4n) is 3.47. The number of amides is 3. The first kappa shape index (κ1) is 21.3. The number of carbonyl (C=O) groups excluding carboxylic acids is 3. The van der Waals surface area contributed by atoms with Crippen molar-refractivity contribution >= 4 is 17.9 Å². The summed E-state index contributed by atoms with van der Waals surface area (Å²) in [6.07, 6.45) is 9.43. The number of hydrogen-bond acceptors (Lipinski definition) is 4. The number of carbonyl (C=O) groups is 3. The van der Waals surface area contributed by atoms with Gasteiger partial charge in [0, 0.05) is 19.1 Å². The summed E-state index contributed by atoms with van der Waals surface area (Å²) in [7, 11) is 0. The molecule has 1 heterocycles. The standard InChI is InChI=1S/C20H33N3O4/c1-20(2,3)27-19(26)21-14-18(25)23-12-10-16(11-13-23)22-17(24)9-8-15-6-4-5-7-15/h8-9,15-16H,4-7,10-14H2,1-3H3,(H,21,26)(H,22,24)/b9-8+. The van der Waals surface area contributed by atoms with Crippen molar-refractivity contribution in [3.8, 4) is 0 Å². The number of allylic oxidation sites excluding steroid dienone is 1. The third-order valence-corrected chi connectivity index (χ3v) is 4.90. The molecule has 0 spiro atoms. The Morgan fingerprint density at radius 1 is 1.07 bits per heavy atom. The summed E-state index contributed by atoms with van der Waals surface area (Å²) < 4.78 is 5.12.